The molecular weight excluding hydrogens is 1280 g/mol. The molecule has 1 aromatic heterocycles. The first kappa shape index (κ1) is 62.0. The Bertz CT molecular complexity index is 5820. The van der Waals surface area contributed by atoms with Gasteiger partial charge in [0.25, 0.3) is 6.71 Å². The monoisotopic (exact) mass is 1350 g/mol. The molecule has 0 atom stereocenters. The molecular formula is C102H68BN3. The average Bonchev–Trinajstić information content (AvgIpc) is 1.19. The van der Waals surface area contributed by atoms with E-state index in [-0.39, 0.29) is 6.71 Å². The number of rotatable bonds is 13. The first-order chi connectivity index (χ1) is 52.6. The van der Waals surface area contributed by atoms with Crippen LogP contribution >= 0.6 is 0 Å². The highest BCUT2D eigenvalue weighted by molar-refractivity contribution is 7.00. The highest BCUT2D eigenvalue weighted by atomic mass is 15.2. The number of nitrogens with zero attached hydrogens (tertiary/aromatic N) is 3. The summed E-state index contributed by atoms with van der Waals surface area (Å²) >= 11 is 0. The van der Waals surface area contributed by atoms with Crippen molar-refractivity contribution in [1.82, 2.24) is 4.57 Å². The SMILES string of the molecule is c1ccc(-c2ccc(-c3cc(-c4ccccc4)c(N4c5ccc(-c6ccccc6)cc5B5c6cc(-c7ccccc7)ccc6N(c6c(-c7ccccc7)cc(-c7ccc(-c8ccccc8)cc7)cc6-c6ccccc6)c6cc(-n7c8ccccc8c8ccccc87)cc4c65)c(-c4ccccc4)c3)cc2)cc1. The van der Waals surface area contributed by atoms with E-state index in [0.717, 1.165) is 140 Å². The molecule has 0 spiro atoms. The van der Waals surface area contributed by atoms with Crippen LogP contribution in [0.3, 0.4) is 0 Å². The van der Waals surface area contributed by atoms with Crippen molar-refractivity contribution in [2.24, 2.45) is 0 Å². The predicted octanol–water partition coefficient (Wildman–Crippen LogP) is 25.5. The molecule has 0 aliphatic carbocycles. The Kier molecular flexibility index (Phi) is 15.3. The Hall–Kier alpha value is -13.8. The molecule has 20 rings (SSSR count). The first-order valence-corrected chi connectivity index (χ1v) is 36.7. The van der Waals surface area contributed by atoms with Crippen LogP contribution in [0.1, 0.15) is 0 Å². The molecule has 4 heteroatoms. The van der Waals surface area contributed by atoms with Crippen LogP contribution in [0.2, 0.25) is 0 Å². The van der Waals surface area contributed by atoms with Crippen molar-refractivity contribution in [2.75, 3.05) is 9.80 Å². The Balaban J connectivity index is 0.951. The van der Waals surface area contributed by atoms with Gasteiger partial charge in [-0.3, -0.25) is 0 Å². The smallest absolute Gasteiger partial charge is 0.252 e. The molecule has 0 unspecified atom stereocenters. The Labute approximate surface area is 618 Å². The third-order valence-electron chi connectivity index (χ3n) is 21.8. The fourth-order valence-electron chi connectivity index (χ4n) is 16.8. The second-order valence-electron chi connectivity index (χ2n) is 27.8. The zero-order valence-electron chi connectivity index (χ0n) is 58.2. The topological polar surface area (TPSA) is 11.4 Å². The van der Waals surface area contributed by atoms with Crippen LogP contribution in [0.5, 0.6) is 0 Å². The van der Waals surface area contributed by atoms with E-state index in [9.17, 15) is 0 Å². The first-order valence-electron chi connectivity index (χ1n) is 36.7. The molecule has 17 aromatic carbocycles. The summed E-state index contributed by atoms with van der Waals surface area (Å²) in [4.78, 5) is 5.37. The van der Waals surface area contributed by atoms with Crippen molar-refractivity contribution < 1.29 is 0 Å². The van der Waals surface area contributed by atoms with E-state index in [1.807, 2.05) is 0 Å². The summed E-state index contributed by atoms with van der Waals surface area (Å²) in [6, 6.07) is 154. The number of para-hydroxylation sites is 2. The van der Waals surface area contributed by atoms with E-state index < -0.39 is 0 Å². The lowest BCUT2D eigenvalue weighted by atomic mass is 9.33. The van der Waals surface area contributed by atoms with E-state index in [2.05, 4.69) is 427 Å². The van der Waals surface area contributed by atoms with Gasteiger partial charge in [0.05, 0.1) is 28.1 Å². The molecule has 0 N–H and O–H groups in total. The average molecular weight is 1350 g/mol. The molecule has 18 aromatic rings. The molecule has 0 saturated carbocycles. The van der Waals surface area contributed by atoms with Crippen molar-refractivity contribution in [3.8, 4) is 117 Å². The number of hydrogen-bond acceptors (Lipinski definition) is 2. The van der Waals surface area contributed by atoms with Crippen LogP contribution in [0.4, 0.5) is 34.1 Å². The van der Waals surface area contributed by atoms with Crippen LogP contribution in [0.25, 0.3) is 139 Å². The van der Waals surface area contributed by atoms with E-state index >= 15 is 0 Å². The van der Waals surface area contributed by atoms with Gasteiger partial charge in [-0.05, 0) is 166 Å². The second kappa shape index (κ2) is 26.2. The minimum Gasteiger partial charge on any atom is -0.310 e. The van der Waals surface area contributed by atoms with Crippen LogP contribution in [-0.2, 0) is 0 Å². The maximum Gasteiger partial charge on any atom is 0.252 e. The Morgan fingerprint density at radius 1 is 0.179 bits per heavy atom. The summed E-state index contributed by atoms with van der Waals surface area (Å²) in [5.74, 6) is 0. The van der Waals surface area contributed by atoms with Crippen LogP contribution in [0, 0.1) is 0 Å². The van der Waals surface area contributed by atoms with Crippen LogP contribution in [-0.4, -0.2) is 11.3 Å². The van der Waals surface area contributed by atoms with Gasteiger partial charge in [0, 0.05) is 55.8 Å². The third kappa shape index (κ3) is 10.8. The number of aromatic nitrogens is 1. The highest BCUT2D eigenvalue weighted by Crippen LogP contribution is 2.56. The second-order valence-corrected chi connectivity index (χ2v) is 27.8. The fourth-order valence-corrected chi connectivity index (χ4v) is 16.8. The Morgan fingerprint density at radius 3 is 0.736 bits per heavy atom. The molecule has 0 amide bonds. The molecule has 494 valence electrons. The number of benzene rings is 17. The van der Waals surface area contributed by atoms with Gasteiger partial charge in [-0.25, -0.2) is 0 Å². The fraction of sp³-hybridized carbons (Fsp3) is 0. The summed E-state index contributed by atoms with van der Waals surface area (Å²) in [6.07, 6.45) is 0. The summed E-state index contributed by atoms with van der Waals surface area (Å²) < 4.78 is 2.53. The third-order valence-corrected chi connectivity index (χ3v) is 21.8. The predicted molar refractivity (Wildman–Crippen MR) is 449 cm³/mol. The summed E-state index contributed by atoms with van der Waals surface area (Å²) in [6.45, 7) is -0.285. The van der Waals surface area contributed by atoms with E-state index in [1.165, 1.54) is 49.4 Å². The number of fused-ring (bicyclic) bond motifs is 7. The van der Waals surface area contributed by atoms with Gasteiger partial charge in [-0.2, -0.15) is 0 Å². The maximum atomic E-state index is 2.69. The van der Waals surface area contributed by atoms with Gasteiger partial charge in [0.1, 0.15) is 0 Å². The molecule has 0 radical (unpaired) electrons. The van der Waals surface area contributed by atoms with Gasteiger partial charge in [0.15, 0.2) is 0 Å². The standard InChI is InChI=1S/C102H68BN3/c1-9-29-69(30-10-1)73-49-53-75(54-50-73)83-61-88(77-37-17-5-18-38-77)101(89(62-83)78-39-19-6-20-40-78)105-96-59-57-81(71-33-13-3-14-34-71)65-92(96)103-93-66-82(72-35-15-4-16-36-72)58-60-97(93)106(99-68-85(67-98(105)100(99)103)104-94-47-27-25-45-86(94)87-46-26-28-48-95(87)104)102-90(79-41-21-7-22-42-79)63-84(64-91(102)80-43-23-8-24-44-80)76-55-51-74(52-56-76)70-31-11-2-12-32-70/h1-68H. The lowest BCUT2D eigenvalue weighted by molar-refractivity contribution is 1.16. The zero-order valence-corrected chi connectivity index (χ0v) is 58.2. The van der Waals surface area contributed by atoms with Gasteiger partial charge in [-0.1, -0.05) is 352 Å². The molecule has 2 aliphatic rings. The lowest BCUT2D eigenvalue weighted by Gasteiger charge is -2.46. The van der Waals surface area contributed by atoms with Gasteiger partial charge in [-0.15, -0.1) is 0 Å². The number of anilines is 6. The van der Waals surface area contributed by atoms with Crippen LogP contribution in [0.15, 0.2) is 413 Å². The minimum absolute atomic E-state index is 0.285. The normalized spacial score (nSPS) is 12.1. The minimum atomic E-state index is -0.285. The van der Waals surface area contributed by atoms with Crippen molar-refractivity contribution >= 4 is 79.0 Å². The van der Waals surface area contributed by atoms with E-state index in [4.69, 9.17) is 0 Å². The van der Waals surface area contributed by atoms with Gasteiger partial charge in [0.2, 0.25) is 0 Å². The summed E-state index contributed by atoms with van der Waals surface area (Å²) in [5.41, 5.74) is 36.3. The molecule has 106 heavy (non-hydrogen) atoms. The van der Waals surface area contributed by atoms with Crippen molar-refractivity contribution in [3.05, 3.63) is 413 Å². The summed E-state index contributed by atoms with van der Waals surface area (Å²) in [5, 5.41) is 2.40. The van der Waals surface area contributed by atoms with Gasteiger partial charge >= 0.3 is 0 Å². The van der Waals surface area contributed by atoms with Crippen LogP contribution < -0.4 is 26.2 Å². The maximum absolute atomic E-state index is 2.69. The highest BCUT2D eigenvalue weighted by Gasteiger charge is 2.46. The molecule has 0 fully saturated rings. The Morgan fingerprint density at radius 2 is 0.425 bits per heavy atom. The molecule has 2 aliphatic heterocycles. The summed E-state index contributed by atoms with van der Waals surface area (Å²) in [7, 11) is 0. The number of hydrogen-bond donors (Lipinski definition) is 0. The largest absolute Gasteiger partial charge is 0.310 e. The molecule has 0 bridgehead atoms. The lowest BCUT2D eigenvalue weighted by Crippen LogP contribution is -2.61. The molecule has 3 nitrogen and oxygen atoms in total. The van der Waals surface area contributed by atoms with E-state index in [1.54, 1.807) is 0 Å². The zero-order chi connectivity index (χ0) is 70.0. The van der Waals surface area contributed by atoms with E-state index in [0.29, 0.717) is 0 Å². The molecule has 0 saturated heterocycles. The molecule has 3 heterocycles. The van der Waals surface area contributed by atoms with Gasteiger partial charge < -0.3 is 14.4 Å². The van der Waals surface area contributed by atoms with Crippen molar-refractivity contribution in [1.29, 1.82) is 0 Å². The quantitative estimate of drug-likeness (QED) is 0.107. The van der Waals surface area contributed by atoms with Crippen molar-refractivity contribution in [3.63, 3.8) is 0 Å². The van der Waals surface area contributed by atoms with Crippen molar-refractivity contribution in [2.45, 2.75) is 0 Å².